The highest BCUT2D eigenvalue weighted by atomic mass is 16.5. The Bertz CT molecular complexity index is 675. The lowest BCUT2D eigenvalue weighted by molar-refractivity contribution is 0.0390. The van der Waals surface area contributed by atoms with Gasteiger partial charge < -0.3 is 19.5 Å². The van der Waals surface area contributed by atoms with E-state index in [0.29, 0.717) is 13.2 Å². The molecule has 1 aromatic carbocycles. The van der Waals surface area contributed by atoms with Crippen molar-refractivity contribution in [2.24, 2.45) is 7.05 Å². The van der Waals surface area contributed by atoms with E-state index in [4.69, 9.17) is 4.74 Å². The highest BCUT2D eigenvalue weighted by Gasteiger charge is 2.27. The highest BCUT2D eigenvalue weighted by Crippen LogP contribution is 2.34. The van der Waals surface area contributed by atoms with Gasteiger partial charge in [0.05, 0.1) is 18.8 Å². The molecule has 0 aliphatic carbocycles. The number of benzene rings is 1. The molecule has 0 saturated heterocycles. The lowest BCUT2D eigenvalue weighted by Crippen LogP contribution is -2.38. The molecule has 1 aliphatic rings. The molecule has 0 spiro atoms. The third kappa shape index (κ3) is 2.38. The van der Waals surface area contributed by atoms with Gasteiger partial charge in [-0.15, -0.1) is 0 Å². The maximum Gasteiger partial charge on any atom is 0.316 e. The molecule has 3 rings (SSSR count). The molecule has 1 unspecified atom stereocenters. The molecule has 2 aromatic rings. The molecule has 112 valence electrons. The molecule has 1 atom stereocenters. The van der Waals surface area contributed by atoms with E-state index < -0.39 is 0 Å². The largest absolute Gasteiger partial charge is 0.370 e. The molecule has 0 fully saturated rings. The molecule has 2 amide bonds. The summed E-state index contributed by atoms with van der Waals surface area (Å²) in [7, 11) is 5.54. The first kappa shape index (κ1) is 13.9. The van der Waals surface area contributed by atoms with Gasteiger partial charge in [-0.1, -0.05) is 18.2 Å². The Morgan fingerprint density at radius 3 is 2.95 bits per heavy atom. The van der Waals surface area contributed by atoms with Gasteiger partial charge in [0.25, 0.3) is 0 Å². The van der Waals surface area contributed by atoms with E-state index in [9.17, 15) is 4.79 Å². The van der Waals surface area contributed by atoms with Crippen molar-refractivity contribution in [2.75, 3.05) is 27.2 Å². The molecule has 21 heavy (non-hydrogen) atoms. The van der Waals surface area contributed by atoms with Crippen LogP contribution >= 0.6 is 0 Å². The first-order chi connectivity index (χ1) is 10.1. The molecule has 0 radical (unpaired) electrons. The maximum absolute atomic E-state index is 11.7. The Morgan fingerprint density at radius 1 is 1.43 bits per heavy atom. The minimum absolute atomic E-state index is 0.0879. The Kier molecular flexibility index (Phi) is 3.59. The van der Waals surface area contributed by atoms with Crippen LogP contribution in [-0.2, 0) is 18.2 Å². The maximum atomic E-state index is 11.7. The van der Waals surface area contributed by atoms with Crippen molar-refractivity contribution in [3.05, 3.63) is 35.5 Å². The second-order valence-electron chi connectivity index (χ2n) is 5.63. The summed E-state index contributed by atoms with van der Waals surface area (Å²) in [4.78, 5) is 13.2. The molecule has 1 aliphatic heterocycles. The predicted octanol–water partition coefficient (Wildman–Crippen LogP) is 2.06. The number of carbonyl (C=O) groups is 1. The summed E-state index contributed by atoms with van der Waals surface area (Å²) in [6.07, 6.45) is 0.837. The summed E-state index contributed by atoms with van der Waals surface area (Å²) in [5, 5.41) is 4.21. The van der Waals surface area contributed by atoms with Crippen molar-refractivity contribution in [1.29, 1.82) is 0 Å². The van der Waals surface area contributed by atoms with Crippen LogP contribution < -0.4 is 5.32 Å². The number of hydrogen-bond donors (Lipinski definition) is 1. The van der Waals surface area contributed by atoms with E-state index in [1.54, 1.807) is 14.1 Å². The van der Waals surface area contributed by atoms with Crippen molar-refractivity contribution in [3.63, 3.8) is 0 Å². The third-order valence-electron chi connectivity index (χ3n) is 4.08. The lowest BCUT2D eigenvalue weighted by atomic mass is 10.0. The van der Waals surface area contributed by atoms with E-state index in [-0.39, 0.29) is 12.1 Å². The van der Waals surface area contributed by atoms with Crippen molar-refractivity contribution in [3.8, 4) is 0 Å². The minimum atomic E-state index is -0.0931. The number of rotatable bonds is 2. The summed E-state index contributed by atoms with van der Waals surface area (Å²) in [6, 6.07) is 8.32. The second-order valence-corrected chi connectivity index (χ2v) is 5.63. The Morgan fingerprint density at radius 2 is 2.19 bits per heavy atom. The monoisotopic (exact) mass is 287 g/mol. The Hall–Kier alpha value is -2.01. The third-order valence-corrected chi connectivity index (χ3v) is 4.08. The zero-order chi connectivity index (χ0) is 15.0. The molecule has 0 saturated carbocycles. The van der Waals surface area contributed by atoms with Crippen molar-refractivity contribution >= 4 is 16.9 Å². The van der Waals surface area contributed by atoms with Crippen molar-refractivity contribution in [2.45, 2.75) is 12.5 Å². The van der Waals surface area contributed by atoms with Crippen LogP contribution in [0.5, 0.6) is 0 Å². The van der Waals surface area contributed by atoms with Gasteiger partial charge >= 0.3 is 6.03 Å². The van der Waals surface area contributed by atoms with E-state index >= 15 is 0 Å². The topological polar surface area (TPSA) is 46.5 Å². The molecule has 5 nitrogen and oxygen atoms in total. The number of nitrogens with zero attached hydrogens (tertiary/aromatic N) is 2. The number of aryl methyl sites for hydroxylation is 1. The van der Waals surface area contributed by atoms with Crippen LogP contribution in [0.15, 0.2) is 24.3 Å². The number of ether oxygens (including phenoxy) is 1. The number of amides is 2. The first-order valence-electron chi connectivity index (χ1n) is 7.22. The van der Waals surface area contributed by atoms with Gasteiger partial charge in [-0.2, -0.15) is 0 Å². The number of para-hydroxylation sites is 1. The van der Waals surface area contributed by atoms with Gasteiger partial charge in [0.2, 0.25) is 0 Å². The number of aromatic nitrogens is 1. The summed E-state index contributed by atoms with van der Waals surface area (Å²) in [5.74, 6) is 0. The SMILES string of the molecule is CN(C)C(=O)NCC1OCCc2c1n(C)c1ccccc21. The van der Waals surface area contributed by atoms with Gasteiger partial charge in [-0.3, -0.25) is 0 Å². The van der Waals surface area contributed by atoms with Crippen LogP contribution in [0.25, 0.3) is 10.9 Å². The van der Waals surface area contributed by atoms with E-state index in [1.807, 2.05) is 0 Å². The quantitative estimate of drug-likeness (QED) is 0.919. The van der Waals surface area contributed by atoms with Crippen LogP contribution in [-0.4, -0.2) is 42.7 Å². The number of carbonyl (C=O) groups excluding carboxylic acids is 1. The van der Waals surface area contributed by atoms with E-state index in [1.165, 1.54) is 27.1 Å². The Balaban J connectivity index is 1.93. The van der Waals surface area contributed by atoms with Crippen LogP contribution in [0.1, 0.15) is 17.4 Å². The van der Waals surface area contributed by atoms with Gasteiger partial charge in [-0.25, -0.2) is 4.79 Å². The second kappa shape index (κ2) is 5.41. The van der Waals surface area contributed by atoms with Crippen LogP contribution in [0.2, 0.25) is 0 Å². The summed E-state index contributed by atoms with van der Waals surface area (Å²) >= 11 is 0. The number of nitrogens with one attached hydrogen (secondary N) is 1. The molecular weight excluding hydrogens is 266 g/mol. The average Bonchev–Trinajstić information content (AvgIpc) is 2.79. The molecule has 0 bridgehead atoms. The normalized spacial score (nSPS) is 17.6. The fourth-order valence-electron chi connectivity index (χ4n) is 3.04. The van der Waals surface area contributed by atoms with Gasteiger partial charge in [0.15, 0.2) is 0 Å². The first-order valence-corrected chi connectivity index (χ1v) is 7.22. The molecule has 1 aromatic heterocycles. The smallest absolute Gasteiger partial charge is 0.316 e. The Labute approximate surface area is 124 Å². The van der Waals surface area contributed by atoms with Gasteiger partial charge in [-0.05, 0) is 18.1 Å². The number of urea groups is 1. The highest BCUT2D eigenvalue weighted by molar-refractivity contribution is 5.86. The molecule has 1 N–H and O–H groups in total. The predicted molar refractivity (Wildman–Crippen MR) is 82.4 cm³/mol. The van der Waals surface area contributed by atoms with Crippen molar-refractivity contribution in [1.82, 2.24) is 14.8 Å². The standard InChI is InChI=1S/C16H21N3O2/c1-18(2)16(20)17-10-14-15-12(8-9-21-14)11-6-4-5-7-13(11)19(15)3/h4-7,14H,8-10H2,1-3H3,(H,17,20). The summed E-state index contributed by atoms with van der Waals surface area (Å²) in [5.41, 5.74) is 3.75. The fraction of sp³-hybridized carbons (Fsp3) is 0.438. The van der Waals surface area contributed by atoms with Crippen LogP contribution in [0.3, 0.4) is 0 Å². The fourth-order valence-corrected chi connectivity index (χ4v) is 3.04. The van der Waals surface area contributed by atoms with Crippen molar-refractivity contribution < 1.29 is 9.53 Å². The molecular formula is C16H21N3O2. The average molecular weight is 287 g/mol. The summed E-state index contributed by atoms with van der Waals surface area (Å²) < 4.78 is 8.08. The number of hydrogen-bond acceptors (Lipinski definition) is 2. The lowest BCUT2D eigenvalue weighted by Gasteiger charge is -2.26. The van der Waals surface area contributed by atoms with Gasteiger partial charge in [0, 0.05) is 32.0 Å². The molecule has 5 heteroatoms. The summed E-state index contributed by atoms with van der Waals surface area (Å²) in [6.45, 7) is 1.19. The zero-order valence-corrected chi connectivity index (χ0v) is 12.7. The zero-order valence-electron chi connectivity index (χ0n) is 12.7. The van der Waals surface area contributed by atoms with Gasteiger partial charge in [0.1, 0.15) is 6.10 Å². The van der Waals surface area contributed by atoms with E-state index in [2.05, 4.69) is 41.2 Å². The number of fused-ring (bicyclic) bond motifs is 3. The van der Waals surface area contributed by atoms with Crippen LogP contribution in [0, 0.1) is 0 Å². The minimum Gasteiger partial charge on any atom is -0.370 e. The van der Waals surface area contributed by atoms with Crippen LogP contribution in [0.4, 0.5) is 4.79 Å². The van der Waals surface area contributed by atoms with E-state index in [0.717, 1.165) is 6.42 Å². The molecule has 2 heterocycles.